The fourth-order valence-electron chi connectivity index (χ4n) is 1.41. The van der Waals surface area contributed by atoms with Gasteiger partial charge in [0.25, 0.3) is 0 Å². The molecule has 0 fully saturated rings. The SMILES string of the molecule is NCCCn1cc(Oc2ccc(Cl)cc2)cn1. The van der Waals surface area contributed by atoms with Crippen molar-refractivity contribution >= 4 is 11.6 Å². The molecule has 2 N–H and O–H groups in total. The van der Waals surface area contributed by atoms with E-state index in [1.165, 1.54) is 0 Å². The van der Waals surface area contributed by atoms with Gasteiger partial charge in [0.05, 0.1) is 12.4 Å². The number of ether oxygens (including phenoxy) is 1. The summed E-state index contributed by atoms with van der Waals surface area (Å²) in [5.41, 5.74) is 5.44. The topological polar surface area (TPSA) is 53.1 Å². The van der Waals surface area contributed by atoms with Crippen molar-refractivity contribution in [1.82, 2.24) is 9.78 Å². The first-order chi connectivity index (χ1) is 8.28. The smallest absolute Gasteiger partial charge is 0.165 e. The van der Waals surface area contributed by atoms with Gasteiger partial charge >= 0.3 is 0 Å². The molecule has 17 heavy (non-hydrogen) atoms. The van der Waals surface area contributed by atoms with Gasteiger partial charge in [-0.25, -0.2) is 0 Å². The van der Waals surface area contributed by atoms with Gasteiger partial charge in [0.1, 0.15) is 5.75 Å². The van der Waals surface area contributed by atoms with Crippen molar-refractivity contribution in [3.63, 3.8) is 0 Å². The summed E-state index contributed by atoms with van der Waals surface area (Å²) in [6.45, 7) is 1.47. The maximum absolute atomic E-state index is 5.79. The van der Waals surface area contributed by atoms with Crippen LogP contribution in [0.1, 0.15) is 6.42 Å². The third-order valence-electron chi connectivity index (χ3n) is 2.25. The van der Waals surface area contributed by atoms with Gasteiger partial charge < -0.3 is 10.5 Å². The van der Waals surface area contributed by atoms with Crippen molar-refractivity contribution in [3.8, 4) is 11.5 Å². The van der Waals surface area contributed by atoms with Crippen molar-refractivity contribution in [3.05, 3.63) is 41.7 Å². The standard InChI is InChI=1S/C12H14ClN3O/c13-10-2-4-11(5-3-10)17-12-8-15-16(9-12)7-1-6-14/h2-5,8-9H,1,6-7,14H2. The Kier molecular flexibility index (Phi) is 4.01. The van der Waals surface area contributed by atoms with Gasteiger partial charge in [-0.05, 0) is 37.2 Å². The van der Waals surface area contributed by atoms with E-state index in [0.717, 1.165) is 18.7 Å². The van der Waals surface area contributed by atoms with Crippen LogP contribution in [0.15, 0.2) is 36.7 Å². The van der Waals surface area contributed by atoms with E-state index in [0.29, 0.717) is 17.3 Å². The zero-order valence-electron chi connectivity index (χ0n) is 9.34. The molecule has 0 aliphatic rings. The number of nitrogens with two attached hydrogens (primary N) is 1. The highest BCUT2D eigenvalue weighted by Crippen LogP contribution is 2.22. The maximum Gasteiger partial charge on any atom is 0.165 e. The van der Waals surface area contributed by atoms with Gasteiger partial charge in [-0.15, -0.1) is 0 Å². The van der Waals surface area contributed by atoms with Crippen LogP contribution in [0.5, 0.6) is 11.5 Å². The molecular weight excluding hydrogens is 238 g/mol. The highest BCUT2D eigenvalue weighted by atomic mass is 35.5. The molecule has 0 spiro atoms. The number of aryl methyl sites for hydroxylation is 1. The Morgan fingerprint density at radius 1 is 1.24 bits per heavy atom. The van der Waals surface area contributed by atoms with Crippen molar-refractivity contribution in [2.24, 2.45) is 5.73 Å². The minimum absolute atomic E-state index is 0.660. The van der Waals surface area contributed by atoms with Crippen LogP contribution in [0.2, 0.25) is 5.02 Å². The molecule has 0 amide bonds. The molecule has 0 radical (unpaired) electrons. The number of rotatable bonds is 5. The summed E-state index contributed by atoms with van der Waals surface area (Å²) in [5.74, 6) is 1.46. The third-order valence-corrected chi connectivity index (χ3v) is 2.50. The molecule has 5 heteroatoms. The van der Waals surface area contributed by atoms with Crippen LogP contribution in [-0.2, 0) is 6.54 Å². The lowest BCUT2D eigenvalue weighted by molar-refractivity contribution is 0.480. The summed E-state index contributed by atoms with van der Waals surface area (Å²) >= 11 is 5.79. The quantitative estimate of drug-likeness (QED) is 0.889. The molecule has 2 rings (SSSR count). The highest BCUT2D eigenvalue weighted by molar-refractivity contribution is 6.30. The molecule has 0 saturated heterocycles. The molecule has 0 saturated carbocycles. The van der Waals surface area contributed by atoms with Gasteiger partial charge in [0.15, 0.2) is 5.75 Å². The average Bonchev–Trinajstić information content (AvgIpc) is 2.77. The van der Waals surface area contributed by atoms with E-state index in [1.807, 2.05) is 23.0 Å². The molecule has 0 unspecified atom stereocenters. The Balaban J connectivity index is 1.98. The lowest BCUT2D eigenvalue weighted by Crippen LogP contribution is -2.05. The predicted molar refractivity (Wildman–Crippen MR) is 67.4 cm³/mol. The van der Waals surface area contributed by atoms with Crippen molar-refractivity contribution in [2.45, 2.75) is 13.0 Å². The molecule has 1 aromatic heterocycles. The van der Waals surface area contributed by atoms with E-state index in [4.69, 9.17) is 22.1 Å². The second-order valence-corrected chi connectivity index (χ2v) is 4.07. The van der Waals surface area contributed by atoms with Crippen LogP contribution in [0.4, 0.5) is 0 Å². The summed E-state index contributed by atoms with van der Waals surface area (Å²) in [6.07, 6.45) is 4.44. The first-order valence-electron chi connectivity index (χ1n) is 5.44. The van der Waals surface area contributed by atoms with E-state index >= 15 is 0 Å². The Morgan fingerprint density at radius 2 is 2.00 bits per heavy atom. The maximum atomic E-state index is 5.79. The van der Waals surface area contributed by atoms with E-state index in [1.54, 1.807) is 18.3 Å². The van der Waals surface area contributed by atoms with Gasteiger partial charge in [0.2, 0.25) is 0 Å². The zero-order chi connectivity index (χ0) is 12.1. The minimum Gasteiger partial charge on any atom is -0.454 e. The first-order valence-corrected chi connectivity index (χ1v) is 5.81. The molecule has 0 bridgehead atoms. The number of halogens is 1. The van der Waals surface area contributed by atoms with Crippen molar-refractivity contribution in [2.75, 3.05) is 6.54 Å². The van der Waals surface area contributed by atoms with Gasteiger partial charge in [-0.1, -0.05) is 11.6 Å². The molecule has 1 aromatic carbocycles. The van der Waals surface area contributed by atoms with Crippen LogP contribution in [-0.4, -0.2) is 16.3 Å². The number of nitrogens with zero attached hydrogens (tertiary/aromatic N) is 2. The van der Waals surface area contributed by atoms with E-state index in [9.17, 15) is 0 Å². The van der Waals surface area contributed by atoms with E-state index in [-0.39, 0.29) is 0 Å². The fraction of sp³-hybridized carbons (Fsp3) is 0.250. The number of benzene rings is 1. The molecule has 1 heterocycles. The van der Waals surface area contributed by atoms with Crippen LogP contribution in [0, 0.1) is 0 Å². The first kappa shape index (κ1) is 12.0. The van der Waals surface area contributed by atoms with Crippen LogP contribution < -0.4 is 10.5 Å². The normalized spacial score (nSPS) is 10.5. The predicted octanol–water partition coefficient (Wildman–Crippen LogP) is 2.68. The van der Waals surface area contributed by atoms with Crippen molar-refractivity contribution in [1.29, 1.82) is 0 Å². The van der Waals surface area contributed by atoms with E-state index < -0.39 is 0 Å². The number of hydrogen-bond donors (Lipinski definition) is 1. The molecule has 0 aliphatic heterocycles. The lowest BCUT2D eigenvalue weighted by Gasteiger charge is -2.02. The van der Waals surface area contributed by atoms with Crippen LogP contribution in [0.25, 0.3) is 0 Å². The van der Waals surface area contributed by atoms with Gasteiger partial charge in [0, 0.05) is 11.6 Å². The Hall–Kier alpha value is -1.52. The lowest BCUT2D eigenvalue weighted by atomic mass is 10.3. The number of aromatic nitrogens is 2. The Morgan fingerprint density at radius 3 is 2.71 bits per heavy atom. The van der Waals surface area contributed by atoms with Gasteiger partial charge in [-0.2, -0.15) is 5.10 Å². The monoisotopic (exact) mass is 251 g/mol. The average molecular weight is 252 g/mol. The fourth-order valence-corrected chi connectivity index (χ4v) is 1.54. The van der Waals surface area contributed by atoms with Crippen LogP contribution >= 0.6 is 11.6 Å². The van der Waals surface area contributed by atoms with Gasteiger partial charge in [-0.3, -0.25) is 4.68 Å². The summed E-state index contributed by atoms with van der Waals surface area (Å²) in [6, 6.07) is 7.21. The molecule has 0 aliphatic carbocycles. The summed E-state index contributed by atoms with van der Waals surface area (Å²) in [5, 5.41) is 4.87. The summed E-state index contributed by atoms with van der Waals surface area (Å²) < 4.78 is 7.44. The second-order valence-electron chi connectivity index (χ2n) is 3.64. The zero-order valence-corrected chi connectivity index (χ0v) is 10.1. The number of hydrogen-bond acceptors (Lipinski definition) is 3. The van der Waals surface area contributed by atoms with Crippen molar-refractivity contribution < 1.29 is 4.74 Å². The molecule has 4 nitrogen and oxygen atoms in total. The third kappa shape index (κ3) is 3.47. The Bertz CT molecular complexity index is 467. The summed E-state index contributed by atoms with van der Waals surface area (Å²) in [7, 11) is 0. The molecule has 90 valence electrons. The largest absolute Gasteiger partial charge is 0.454 e. The van der Waals surface area contributed by atoms with Crippen LogP contribution in [0.3, 0.4) is 0 Å². The Labute approximate surface area is 105 Å². The summed E-state index contributed by atoms with van der Waals surface area (Å²) in [4.78, 5) is 0. The van der Waals surface area contributed by atoms with E-state index in [2.05, 4.69) is 5.10 Å². The highest BCUT2D eigenvalue weighted by Gasteiger charge is 2.01. The minimum atomic E-state index is 0.660. The molecular formula is C12H14ClN3O. The molecule has 0 atom stereocenters. The molecule has 2 aromatic rings. The second kappa shape index (κ2) is 5.70.